The smallest absolute Gasteiger partial charge is 0.383 e. The quantitative estimate of drug-likeness (QED) is 0.719. The average molecular weight is 378 g/mol. The molecule has 5 nitrogen and oxygen atoms in total. The van der Waals surface area contributed by atoms with E-state index >= 15 is 0 Å². The van der Waals surface area contributed by atoms with E-state index < -0.39 is 29.2 Å². The first kappa shape index (κ1) is 18.9. The minimum atomic E-state index is -4.55. The molecule has 2 aromatic rings. The van der Waals surface area contributed by atoms with Crippen LogP contribution in [-0.4, -0.2) is 23.5 Å². The molecule has 1 atom stereocenters. The summed E-state index contributed by atoms with van der Waals surface area (Å²) in [7, 11) is 0. The number of amides is 2. The molecule has 8 heteroatoms. The zero-order valence-electron chi connectivity index (χ0n) is 14.1. The van der Waals surface area contributed by atoms with Crippen molar-refractivity contribution in [2.24, 2.45) is 0 Å². The molecule has 0 bridgehead atoms. The number of hydrogen-bond acceptors (Lipinski definition) is 3. The van der Waals surface area contributed by atoms with Gasteiger partial charge in [0.25, 0.3) is 0 Å². The van der Waals surface area contributed by atoms with Crippen LogP contribution in [-0.2, 0) is 27.8 Å². The molecule has 0 aromatic heterocycles. The van der Waals surface area contributed by atoms with Crippen molar-refractivity contribution in [3.8, 4) is 0 Å². The van der Waals surface area contributed by atoms with Crippen molar-refractivity contribution in [3.05, 3.63) is 65.2 Å². The highest BCUT2D eigenvalue weighted by atomic mass is 19.4. The summed E-state index contributed by atoms with van der Waals surface area (Å²) in [6.45, 7) is -0.168. The Morgan fingerprint density at radius 1 is 1.07 bits per heavy atom. The van der Waals surface area contributed by atoms with Crippen molar-refractivity contribution in [3.63, 3.8) is 0 Å². The molecule has 0 heterocycles. The van der Waals surface area contributed by atoms with Gasteiger partial charge in [0.15, 0.2) is 0 Å². The third-order valence-corrected chi connectivity index (χ3v) is 4.52. The molecule has 1 aliphatic carbocycles. The van der Waals surface area contributed by atoms with Crippen molar-refractivity contribution in [2.45, 2.75) is 24.6 Å². The first-order valence-corrected chi connectivity index (χ1v) is 8.26. The van der Waals surface area contributed by atoms with Gasteiger partial charge >= 0.3 is 18.0 Å². The third kappa shape index (κ3) is 4.11. The number of aliphatic hydroxyl groups is 1. The van der Waals surface area contributed by atoms with E-state index in [4.69, 9.17) is 0 Å². The van der Waals surface area contributed by atoms with Crippen LogP contribution < -0.4 is 10.6 Å². The predicted octanol–water partition coefficient (Wildman–Crippen LogP) is 2.59. The van der Waals surface area contributed by atoms with Gasteiger partial charge in [-0.15, -0.1) is 0 Å². The Morgan fingerprint density at radius 2 is 1.81 bits per heavy atom. The molecule has 1 aliphatic rings. The van der Waals surface area contributed by atoms with Crippen molar-refractivity contribution in [1.82, 2.24) is 5.32 Å². The van der Waals surface area contributed by atoms with Crippen molar-refractivity contribution in [2.75, 3.05) is 11.9 Å². The number of rotatable bonds is 3. The van der Waals surface area contributed by atoms with Crippen LogP contribution >= 0.6 is 0 Å². The second-order valence-electron chi connectivity index (χ2n) is 6.40. The first-order valence-electron chi connectivity index (χ1n) is 8.26. The predicted molar refractivity (Wildman–Crippen MR) is 91.7 cm³/mol. The number of carbonyl (C=O) groups is 2. The minimum absolute atomic E-state index is 0.144. The maximum absolute atomic E-state index is 12.7. The maximum Gasteiger partial charge on any atom is 0.416 e. The SMILES string of the molecule is O=C(NC[C@]1(O)CCc2ccccc21)C(=O)Nc1cccc(C(F)(F)F)c1. The van der Waals surface area contributed by atoms with E-state index in [1.807, 2.05) is 12.1 Å². The standard InChI is InChI=1S/C19H17F3N2O3/c20-19(21,22)13-5-3-6-14(10-13)24-17(26)16(25)23-11-18(27)9-8-12-4-1-2-7-15(12)18/h1-7,10,27H,8-9,11H2,(H,23,25)(H,24,26)/t18-/m1/s1. The molecule has 0 saturated heterocycles. The number of nitrogens with one attached hydrogen (secondary N) is 2. The maximum atomic E-state index is 12.7. The van der Waals surface area contributed by atoms with Gasteiger partial charge in [-0.25, -0.2) is 0 Å². The summed E-state index contributed by atoms with van der Waals surface area (Å²) < 4.78 is 38.1. The summed E-state index contributed by atoms with van der Waals surface area (Å²) in [6, 6.07) is 11.3. The Balaban J connectivity index is 1.62. The Hall–Kier alpha value is -2.87. The number of fused-ring (bicyclic) bond motifs is 1. The number of carbonyl (C=O) groups excluding carboxylic acids is 2. The molecule has 3 N–H and O–H groups in total. The molecule has 142 valence electrons. The Kier molecular flexibility index (Phi) is 4.93. The highest BCUT2D eigenvalue weighted by Crippen LogP contribution is 2.36. The van der Waals surface area contributed by atoms with Gasteiger partial charge in [-0.2, -0.15) is 13.2 Å². The molecule has 0 radical (unpaired) electrons. The van der Waals surface area contributed by atoms with E-state index in [1.165, 1.54) is 6.07 Å². The monoisotopic (exact) mass is 378 g/mol. The van der Waals surface area contributed by atoms with Crippen LogP contribution in [0.15, 0.2) is 48.5 Å². The van der Waals surface area contributed by atoms with Crippen LogP contribution in [0.5, 0.6) is 0 Å². The number of halogens is 3. The third-order valence-electron chi connectivity index (χ3n) is 4.52. The van der Waals surface area contributed by atoms with Gasteiger partial charge in [-0.1, -0.05) is 30.3 Å². The van der Waals surface area contributed by atoms with E-state index in [-0.39, 0.29) is 12.2 Å². The van der Waals surface area contributed by atoms with Crippen LogP contribution in [0.25, 0.3) is 0 Å². The second kappa shape index (κ2) is 7.03. The molecule has 0 spiro atoms. The number of benzene rings is 2. The molecule has 0 saturated carbocycles. The number of anilines is 1. The summed E-state index contributed by atoms with van der Waals surface area (Å²) in [4.78, 5) is 23.9. The van der Waals surface area contributed by atoms with E-state index in [0.717, 1.165) is 23.8 Å². The van der Waals surface area contributed by atoms with Gasteiger partial charge in [0.1, 0.15) is 5.60 Å². The lowest BCUT2D eigenvalue weighted by Crippen LogP contribution is -2.43. The summed E-state index contributed by atoms with van der Waals surface area (Å²) in [6.07, 6.45) is -3.50. The molecule has 0 unspecified atom stereocenters. The van der Waals surface area contributed by atoms with Crippen molar-refractivity contribution >= 4 is 17.5 Å². The Labute approximate surface area is 153 Å². The van der Waals surface area contributed by atoms with Crippen LogP contribution in [0.1, 0.15) is 23.1 Å². The number of aryl methyl sites for hydroxylation is 1. The lowest BCUT2D eigenvalue weighted by Gasteiger charge is -2.24. The lowest BCUT2D eigenvalue weighted by atomic mass is 9.96. The Morgan fingerprint density at radius 3 is 2.56 bits per heavy atom. The number of hydrogen-bond donors (Lipinski definition) is 3. The summed E-state index contributed by atoms with van der Waals surface area (Å²) in [5.74, 6) is -2.14. The van der Waals surface area contributed by atoms with E-state index in [9.17, 15) is 27.9 Å². The summed E-state index contributed by atoms with van der Waals surface area (Å²) in [5.41, 5.74) is -0.679. The molecule has 0 fully saturated rings. The number of alkyl halides is 3. The summed E-state index contributed by atoms with van der Waals surface area (Å²) in [5, 5.41) is 15.2. The largest absolute Gasteiger partial charge is 0.416 e. The fourth-order valence-corrected chi connectivity index (χ4v) is 3.12. The van der Waals surface area contributed by atoms with Crippen LogP contribution in [0, 0.1) is 0 Å². The van der Waals surface area contributed by atoms with Crippen molar-refractivity contribution < 1.29 is 27.9 Å². The summed E-state index contributed by atoms with van der Waals surface area (Å²) >= 11 is 0. The zero-order chi connectivity index (χ0) is 19.7. The fourth-order valence-electron chi connectivity index (χ4n) is 3.12. The second-order valence-corrected chi connectivity index (χ2v) is 6.40. The lowest BCUT2D eigenvalue weighted by molar-refractivity contribution is -0.137. The highest BCUT2D eigenvalue weighted by Gasteiger charge is 2.37. The van der Waals surface area contributed by atoms with E-state index in [0.29, 0.717) is 18.4 Å². The van der Waals surface area contributed by atoms with Gasteiger partial charge in [-0.3, -0.25) is 9.59 Å². The van der Waals surface area contributed by atoms with E-state index in [2.05, 4.69) is 10.6 Å². The molecule has 2 amide bonds. The first-order chi connectivity index (χ1) is 12.7. The highest BCUT2D eigenvalue weighted by molar-refractivity contribution is 6.39. The van der Waals surface area contributed by atoms with Gasteiger partial charge in [0.05, 0.1) is 12.1 Å². The topological polar surface area (TPSA) is 78.4 Å². The molecular weight excluding hydrogens is 361 g/mol. The average Bonchev–Trinajstić information content (AvgIpc) is 2.97. The van der Waals surface area contributed by atoms with Crippen LogP contribution in [0.3, 0.4) is 0 Å². The molecule has 2 aromatic carbocycles. The fraction of sp³-hybridized carbons (Fsp3) is 0.263. The van der Waals surface area contributed by atoms with Gasteiger partial charge in [0, 0.05) is 5.69 Å². The molecule has 3 rings (SSSR count). The minimum Gasteiger partial charge on any atom is -0.383 e. The van der Waals surface area contributed by atoms with E-state index in [1.54, 1.807) is 12.1 Å². The normalized spacial score (nSPS) is 18.7. The zero-order valence-corrected chi connectivity index (χ0v) is 14.1. The Bertz CT molecular complexity index is 882. The van der Waals surface area contributed by atoms with Crippen LogP contribution in [0.4, 0.5) is 18.9 Å². The van der Waals surface area contributed by atoms with Gasteiger partial charge in [-0.05, 0) is 42.2 Å². The van der Waals surface area contributed by atoms with Gasteiger partial charge in [0.2, 0.25) is 0 Å². The molecule has 27 heavy (non-hydrogen) atoms. The van der Waals surface area contributed by atoms with Crippen molar-refractivity contribution in [1.29, 1.82) is 0 Å². The van der Waals surface area contributed by atoms with Gasteiger partial charge < -0.3 is 15.7 Å². The molecule has 0 aliphatic heterocycles. The van der Waals surface area contributed by atoms with Crippen LogP contribution in [0.2, 0.25) is 0 Å². The molecular formula is C19H17F3N2O3.